The summed E-state index contributed by atoms with van der Waals surface area (Å²) < 4.78 is 31.2. The number of hydrogen-bond acceptors (Lipinski definition) is 9. The summed E-state index contributed by atoms with van der Waals surface area (Å²) in [6, 6.07) is 0. The second kappa shape index (κ2) is 16.5. The van der Waals surface area contributed by atoms with E-state index in [0.29, 0.717) is 0 Å². The van der Waals surface area contributed by atoms with Crippen molar-refractivity contribution in [1.29, 1.82) is 0 Å². The van der Waals surface area contributed by atoms with Crippen molar-refractivity contribution in [2.45, 2.75) is 6.92 Å². The Morgan fingerprint density at radius 1 is 0.621 bits per heavy atom. The Morgan fingerprint density at radius 3 is 1.14 bits per heavy atom. The third-order valence-corrected chi connectivity index (χ3v) is 3.27. The summed E-state index contributed by atoms with van der Waals surface area (Å²) in [5, 5.41) is 0. The molecule has 0 heterocycles. The van der Waals surface area contributed by atoms with E-state index in [2.05, 4.69) is 19.7 Å². The van der Waals surface area contributed by atoms with E-state index >= 15 is 0 Å². The van der Waals surface area contributed by atoms with Crippen LogP contribution in [-0.4, -0.2) is 77.4 Å². The fourth-order valence-electron chi connectivity index (χ4n) is 1.86. The van der Waals surface area contributed by atoms with Crippen LogP contribution in [0.3, 0.4) is 0 Å². The summed E-state index contributed by atoms with van der Waals surface area (Å²) in [4.78, 5) is 33.0. The number of ether oxygens (including phenoxy) is 6. The highest BCUT2D eigenvalue weighted by Crippen LogP contribution is 2.18. The molecule has 0 aromatic carbocycles. The maximum Gasteiger partial charge on any atom is 0.330 e. The van der Waals surface area contributed by atoms with Gasteiger partial charge in [0.1, 0.15) is 19.8 Å². The molecule has 0 amide bonds. The van der Waals surface area contributed by atoms with Crippen molar-refractivity contribution in [3.8, 4) is 0 Å². The van der Waals surface area contributed by atoms with Crippen LogP contribution in [0.4, 0.5) is 0 Å². The topological polar surface area (TPSA) is 107 Å². The van der Waals surface area contributed by atoms with Gasteiger partial charge in [-0.25, -0.2) is 14.4 Å². The molecule has 29 heavy (non-hydrogen) atoms. The molecule has 0 spiro atoms. The third-order valence-electron chi connectivity index (χ3n) is 3.27. The maximum atomic E-state index is 11.0. The van der Waals surface area contributed by atoms with Gasteiger partial charge in [0.2, 0.25) is 0 Å². The van der Waals surface area contributed by atoms with Gasteiger partial charge in [-0.3, -0.25) is 0 Å². The van der Waals surface area contributed by atoms with Gasteiger partial charge in [0.25, 0.3) is 0 Å². The fourth-order valence-corrected chi connectivity index (χ4v) is 1.86. The minimum absolute atomic E-state index is 0.0949. The van der Waals surface area contributed by atoms with E-state index in [4.69, 9.17) is 28.4 Å². The van der Waals surface area contributed by atoms with Crippen LogP contribution >= 0.6 is 0 Å². The zero-order chi connectivity index (χ0) is 22.0. The molecular weight excluding hydrogens is 384 g/mol. The predicted octanol–water partition coefficient (Wildman–Crippen LogP) is 1.23. The summed E-state index contributed by atoms with van der Waals surface area (Å²) in [5.74, 6) is -1.57. The first-order valence-electron chi connectivity index (χ1n) is 8.97. The molecule has 0 N–H and O–H groups in total. The van der Waals surface area contributed by atoms with E-state index in [0.717, 1.165) is 18.2 Å². The standard InChI is InChI=1S/C20H30O9/c1-5-17(21)27-11-8-24-14-20(4,15-25-9-12-28-18(22)6-2)16-26-10-13-29-19(23)7-3/h5-7H,1-3,8-16H2,4H3. The number of rotatable bonds is 18. The summed E-state index contributed by atoms with van der Waals surface area (Å²) >= 11 is 0. The van der Waals surface area contributed by atoms with Crippen molar-refractivity contribution >= 4 is 17.9 Å². The molecule has 0 saturated carbocycles. The second-order valence-electron chi connectivity index (χ2n) is 6.08. The molecule has 0 aliphatic heterocycles. The van der Waals surface area contributed by atoms with E-state index < -0.39 is 23.3 Å². The first-order valence-corrected chi connectivity index (χ1v) is 8.97. The van der Waals surface area contributed by atoms with E-state index in [9.17, 15) is 14.4 Å². The van der Waals surface area contributed by atoms with Crippen LogP contribution in [0.25, 0.3) is 0 Å². The number of carbonyl (C=O) groups excluding carboxylic acids is 3. The Morgan fingerprint density at radius 2 is 0.897 bits per heavy atom. The van der Waals surface area contributed by atoms with Crippen LogP contribution in [0.1, 0.15) is 6.92 Å². The Labute approximate surface area is 171 Å². The van der Waals surface area contributed by atoms with Gasteiger partial charge in [-0.2, -0.15) is 0 Å². The maximum absolute atomic E-state index is 11.0. The number of esters is 3. The molecule has 0 rings (SSSR count). The van der Waals surface area contributed by atoms with Gasteiger partial charge in [0.05, 0.1) is 39.6 Å². The average molecular weight is 414 g/mol. The zero-order valence-corrected chi connectivity index (χ0v) is 16.9. The van der Waals surface area contributed by atoms with Gasteiger partial charge < -0.3 is 28.4 Å². The Kier molecular flexibility index (Phi) is 15.0. The van der Waals surface area contributed by atoms with E-state index in [1.165, 1.54) is 0 Å². The molecule has 0 aliphatic carbocycles. The lowest BCUT2D eigenvalue weighted by molar-refractivity contribution is -0.141. The highest BCUT2D eigenvalue weighted by molar-refractivity contribution is 5.81. The molecule has 0 unspecified atom stereocenters. The van der Waals surface area contributed by atoms with Crippen LogP contribution in [0, 0.1) is 5.41 Å². The smallest absolute Gasteiger partial charge is 0.330 e. The molecule has 0 aromatic rings. The number of carbonyl (C=O) groups is 3. The molecule has 0 atom stereocenters. The molecule has 9 heteroatoms. The first kappa shape index (κ1) is 26.5. The molecule has 0 aromatic heterocycles. The lowest BCUT2D eigenvalue weighted by Gasteiger charge is -2.29. The van der Waals surface area contributed by atoms with Crippen molar-refractivity contribution in [3.05, 3.63) is 38.0 Å². The molecular formula is C20H30O9. The highest BCUT2D eigenvalue weighted by Gasteiger charge is 2.26. The number of hydrogen-bond donors (Lipinski definition) is 0. The molecule has 0 bridgehead atoms. The van der Waals surface area contributed by atoms with Crippen molar-refractivity contribution in [2.24, 2.45) is 5.41 Å². The van der Waals surface area contributed by atoms with Gasteiger partial charge in [0, 0.05) is 23.6 Å². The SMILES string of the molecule is C=CC(=O)OCCOCC(C)(COCCOC(=O)C=C)COCCOC(=O)C=C. The van der Waals surface area contributed by atoms with Crippen molar-refractivity contribution in [3.63, 3.8) is 0 Å². The minimum Gasteiger partial charge on any atom is -0.460 e. The summed E-state index contributed by atoms with van der Waals surface area (Å²) in [6.07, 6.45) is 3.22. The van der Waals surface area contributed by atoms with Crippen LogP contribution in [0.15, 0.2) is 38.0 Å². The summed E-state index contributed by atoms with van der Waals surface area (Å²) in [7, 11) is 0. The average Bonchev–Trinajstić information content (AvgIpc) is 2.72. The quantitative estimate of drug-likeness (QED) is 0.142. The molecule has 9 nitrogen and oxygen atoms in total. The lowest BCUT2D eigenvalue weighted by atomic mass is 9.94. The Bertz CT molecular complexity index is 468. The van der Waals surface area contributed by atoms with Crippen molar-refractivity contribution in [1.82, 2.24) is 0 Å². The third kappa shape index (κ3) is 15.1. The first-order chi connectivity index (χ1) is 13.9. The van der Waals surface area contributed by atoms with Crippen LogP contribution in [0.5, 0.6) is 0 Å². The molecule has 0 aliphatic rings. The van der Waals surface area contributed by atoms with Crippen molar-refractivity contribution in [2.75, 3.05) is 59.5 Å². The van der Waals surface area contributed by atoms with Gasteiger partial charge in [0.15, 0.2) is 0 Å². The Hall–Kier alpha value is -2.49. The van der Waals surface area contributed by atoms with E-state index in [1.54, 1.807) is 0 Å². The Balaban J connectivity index is 4.31. The van der Waals surface area contributed by atoms with E-state index in [1.807, 2.05) is 6.92 Å². The summed E-state index contributed by atoms with van der Waals surface area (Å²) in [5.41, 5.74) is -0.534. The normalized spacial score (nSPS) is 10.7. The lowest BCUT2D eigenvalue weighted by Crippen LogP contribution is -2.35. The molecule has 0 saturated heterocycles. The largest absolute Gasteiger partial charge is 0.460 e. The summed E-state index contributed by atoms with van der Waals surface area (Å²) in [6.45, 7) is 13.5. The van der Waals surface area contributed by atoms with Gasteiger partial charge >= 0.3 is 17.9 Å². The predicted molar refractivity (Wildman–Crippen MR) is 104 cm³/mol. The van der Waals surface area contributed by atoms with Gasteiger partial charge in [-0.05, 0) is 0 Å². The van der Waals surface area contributed by atoms with Crippen LogP contribution < -0.4 is 0 Å². The van der Waals surface area contributed by atoms with Crippen LogP contribution in [0.2, 0.25) is 0 Å². The minimum atomic E-state index is -0.534. The van der Waals surface area contributed by atoms with Crippen molar-refractivity contribution < 1.29 is 42.8 Å². The van der Waals surface area contributed by atoms with Gasteiger partial charge in [-0.1, -0.05) is 26.7 Å². The molecule has 0 fully saturated rings. The monoisotopic (exact) mass is 414 g/mol. The second-order valence-corrected chi connectivity index (χ2v) is 6.08. The molecule has 164 valence electrons. The zero-order valence-electron chi connectivity index (χ0n) is 16.9. The fraction of sp³-hybridized carbons (Fsp3) is 0.550. The van der Waals surface area contributed by atoms with Crippen LogP contribution in [-0.2, 0) is 42.8 Å². The molecule has 0 radical (unpaired) electrons. The van der Waals surface area contributed by atoms with E-state index in [-0.39, 0.29) is 59.5 Å². The highest BCUT2D eigenvalue weighted by atomic mass is 16.6. The van der Waals surface area contributed by atoms with Gasteiger partial charge in [-0.15, -0.1) is 0 Å².